The third kappa shape index (κ3) is 3.26. The Balaban J connectivity index is 1.90. The first-order chi connectivity index (χ1) is 13.9. The molecule has 5 nitrogen and oxygen atoms in total. The van der Waals surface area contributed by atoms with Crippen LogP contribution >= 0.6 is 11.6 Å². The summed E-state index contributed by atoms with van der Waals surface area (Å²) in [6.07, 6.45) is 0. The van der Waals surface area contributed by atoms with E-state index in [4.69, 9.17) is 22.1 Å². The summed E-state index contributed by atoms with van der Waals surface area (Å²) in [4.78, 5) is 0. The first-order valence-corrected chi connectivity index (χ1v) is 9.81. The number of allylic oxidation sites excluding steroid dienone is 1. The molecule has 0 saturated heterocycles. The van der Waals surface area contributed by atoms with E-state index in [-0.39, 0.29) is 11.8 Å². The fraction of sp³-hybridized carbons (Fsp3) is 0.217. The van der Waals surface area contributed by atoms with Gasteiger partial charge in [-0.05, 0) is 42.2 Å². The zero-order valence-corrected chi connectivity index (χ0v) is 17.2. The lowest BCUT2D eigenvalue weighted by atomic mass is 9.83. The molecule has 0 bridgehead atoms. The van der Waals surface area contributed by atoms with E-state index >= 15 is 0 Å². The molecule has 6 heteroatoms. The Bertz CT molecular complexity index is 1150. The molecule has 0 aliphatic carbocycles. The lowest BCUT2D eigenvalue weighted by Crippen LogP contribution is -2.22. The van der Waals surface area contributed by atoms with Crippen molar-refractivity contribution in [3.05, 3.63) is 87.4 Å². The van der Waals surface area contributed by atoms with Gasteiger partial charge in [-0.1, -0.05) is 55.8 Å². The van der Waals surface area contributed by atoms with Crippen LogP contribution in [0.25, 0.3) is 5.69 Å². The van der Waals surface area contributed by atoms with Crippen LogP contribution in [0.2, 0.25) is 5.02 Å². The topological polar surface area (TPSA) is 76.9 Å². The fourth-order valence-corrected chi connectivity index (χ4v) is 3.89. The standard InChI is InChI=1S/C23H21ClN4O/c1-13(2)15-7-9-16(10-8-15)21-19(12-25)22(26)29-23-20(21)14(3)27-28(23)18-6-4-5-17(24)11-18/h4-11,13,21H,26H2,1-3H3. The minimum absolute atomic E-state index is 0.0983. The molecule has 2 aromatic carbocycles. The van der Waals surface area contributed by atoms with Crippen LogP contribution in [0.1, 0.15) is 48.1 Å². The van der Waals surface area contributed by atoms with E-state index in [2.05, 4.69) is 49.3 Å². The second-order valence-electron chi connectivity index (χ2n) is 7.44. The molecule has 2 N–H and O–H groups in total. The molecule has 146 valence electrons. The molecule has 4 rings (SSSR count). The predicted molar refractivity (Wildman–Crippen MR) is 113 cm³/mol. The summed E-state index contributed by atoms with van der Waals surface area (Å²) in [6, 6.07) is 17.9. The number of nitriles is 1. The first kappa shape index (κ1) is 19.1. The Morgan fingerprint density at radius 1 is 1.21 bits per heavy atom. The van der Waals surface area contributed by atoms with Crippen LogP contribution in [0, 0.1) is 18.3 Å². The van der Waals surface area contributed by atoms with Crippen molar-refractivity contribution in [1.82, 2.24) is 9.78 Å². The fourth-order valence-electron chi connectivity index (χ4n) is 3.70. The number of nitrogens with two attached hydrogens (primary N) is 1. The van der Waals surface area contributed by atoms with Crippen molar-refractivity contribution in [1.29, 1.82) is 5.26 Å². The molecule has 0 fully saturated rings. The van der Waals surface area contributed by atoms with Crippen molar-refractivity contribution in [3.8, 4) is 17.6 Å². The number of hydrogen-bond acceptors (Lipinski definition) is 4. The zero-order chi connectivity index (χ0) is 20.7. The van der Waals surface area contributed by atoms with Gasteiger partial charge in [-0.25, -0.2) is 4.68 Å². The van der Waals surface area contributed by atoms with E-state index in [1.165, 1.54) is 5.56 Å². The number of nitrogens with zero attached hydrogens (tertiary/aromatic N) is 3. The number of benzene rings is 2. The molecule has 0 amide bonds. The van der Waals surface area contributed by atoms with Gasteiger partial charge in [0.1, 0.15) is 11.6 Å². The Morgan fingerprint density at radius 3 is 2.55 bits per heavy atom. The van der Waals surface area contributed by atoms with Crippen LogP contribution in [-0.4, -0.2) is 9.78 Å². The van der Waals surface area contributed by atoms with Crippen molar-refractivity contribution >= 4 is 11.6 Å². The van der Waals surface area contributed by atoms with Gasteiger partial charge >= 0.3 is 0 Å². The first-order valence-electron chi connectivity index (χ1n) is 9.43. The van der Waals surface area contributed by atoms with Crippen LogP contribution in [0.5, 0.6) is 5.88 Å². The highest BCUT2D eigenvalue weighted by molar-refractivity contribution is 6.30. The summed E-state index contributed by atoms with van der Waals surface area (Å²) in [5, 5.41) is 15.1. The SMILES string of the molecule is Cc1nn(-c2cccc(Cl)c2)c2c1C(c1ccc(C(C)C)cc1)C(C#N)=C(N)O2. The number of ether oxygens (including phenoxy) is 1. The summed E-state index contributed by atoms with van der Waals surface area (Å²) in [7, 11) is 0. The van der Waals surface area contributed by atoms with Gasteiger partial charge in [0, 0.05) is 5.02 Å². The normalized spacial score (nSPS) is 15.8. The van der Waals surface area contributed by atoms with Crippen molar-refractivity contribution in [3.63, 3.8) is 0 Å². The van der Waals surface area contributed by atoms with Crippen LogP contribution in [0.4, 0.5) is 0 Å². The van der Waals surface area contributed by atoms with E-state index in [1.54, 1.807) is 10.7 Å². The maximum Gasteiger partial charge on any atom is 0.229 e. The molecule has 1 unspecified atom stereocenters. The maximum atomic E-state index is 9.80. The van der Waals surface area contributed by atoms with Gasteiger partial charge < -0.3 is 10.5 Å². The van der Waals surface area contributed by atoms with Crippen LogP contribution < -0.4 is 10.5 Å². The Kier molecular flexibility index (Phi) is 4.81. The van der Waals surface area contributed by atoms with Crippen molar-refractivity contribution in [2.24, 2.45) is 5.73 Å². The van der Waals surface area contributed by atoms with Crippen molar-refractivity contribution < 1.29 is 4.74 Å². The molecule has 1 atom stereocenters. The molecule has 1 aliphatic rings. The van der Waals surface area contributed by atoms with Gasteiger partial charge in [-0.3, -0.25) is 0 Å². The zero-order valence-electron chi connectivity index (χ0n) is 16.5. The number of rotatable bonds is 3. The van der Waals surface area contributed by atoms with Gasteiger partial charge in [-0.15, -0.1) is 0 Å². The lowest BCUT2D eigenvalue weighted by Gasteiger charge is -2.25. The Hall–Kier alpha value is -3.23. The quantitative estimate of drug-likeness (QED) is 0.652. The van der Waals surface area contributed by atoms with Crippen molar-refractivity contribution in [2.45, 2.75) is 32.6 Å². The van der Waals surface area contributed by atoms with Crippen LogP contribution in [-0.2, 0) is 0 Å². The van der Waals surface area contributed by atoms with E-state index in [1.807, 2.05) is 25.1 Å². The number of halogens is 1. The number of fused-ring (bicyclic) bond motifs is 1. The number of aryl methyl sites for hydroxylation is 1. The van der Waals surface area contributed by atoms with E-state index < -0.39 is 0 Å². The molecule has 3 aromatic rings. The van der Waals surface area contributed by atoms with Crippen LogP contribution in [0.3, 0.4) is 0 Å². The predicted octanol–water partition coefficient (Wildman–Crippen LogP) is 5.18. The highest BCUT2D eigenvalue weighted by Gasteiger charge is 2.36. The van der Waals surface area contributed by atoms with Crippen molar-refractivity contribution in [2.75, 3.05) is 0 Å². The van der Waals surface area contributed by atoms with Gasteiger partial charge in [0.25, 0.3) is 0 Å². The average Bonchev–Trinajstić information content (AvgIpc) is 3.03. The van der Waals surface area contributed by atoms with Gasteiger partial charge in [0.2, 0.25) is 11.8 Å². The molecule has 0 spiro atoms. The second kappa shape index (κ2) is 7.31. The number of aromatic nitrogens is 2. The van der Waals surface area contributed by atoms with Gasteiger partial charge in [-0.2, -0.15) is 10.4 Å². The Morgan fingerprint density at radius 2 is 1.93 bits per heavy atom. The minimum Gasteiger partial charge on any atom is -0.422 e. The highest BCUT2D eigenvalue weighted by atomic mass is 35.5. The molecule has 1 aromatic heterocycles. The highest BCUT2D eigenvalue weighted by Crippen LogP contribution is 2.44. The summed E-state index contributed by atoms with van der Waals surface area (Å²) in [5.41, 5.74) is 11.2. The van der Waals surface area contributed by atoms with Gasteiger partial charge in [0.05, 0.1) is 22.9 Å². The number of hydrogen-bond donors (Lipinski definition) is 1. The minimum atomic E-state index is -0.335. The summed E-state index contributed by atoms with van der Waals surface area (Å²) in [5.74, 6) is 0.705. The average molecular weight is 405 g/mol. The van der Waals surface area contributed by atoms with Crippen LogP contribution in [0.15, 0.2) is 60.0 Å². The molecule has 2 heterocycles. The lowest BCUT2D eigenvalue weighted by molar-refractivity contribution is 0.367. The monoisotopic (exact) mass is 404 g/mol. The van der Waals surface area contributed by atoms with E-state index in [0.717, 1.165) is 22.5 Å². The summed E-state index contributed by atoms with van der Waals surface area (Å²) < 4.78 is 7.58. The third-order valence-electron chi connectivity index (χ3n) is 5.22. The summed E-state index contributed by atoms with van der Waals surface area (Å²) in [6.45, 7) is 6.22. The summed E-state index contributed by atoms with van der Waals surface area (Å²) >= 11 is 6.16. The molecular weight excluding hydrogens is 384 g/mol. The maximum absolute atomic E-state index is 9.80. The van der Waals surface area contributed by atoms with Gasteiger partial charge in [0.15, 0.2) is 0 Å². The van der Waals surface area contributed by atoms with E-state index in [0.29, 0.717) is 22.4 Å². The molecule has 0 radical (unpaired) electrons. The third-order valence-corrected chi connectivity index (χ3v) is 5.46. The largest absolute Gasteiger partial charge is 0.422 e. The molecule has 1 aliphatic heterocycles. The molecule has 0 saturated carbocycles. The van der Waals surface area contributed by atoms with E-state index in [9.17, 15) is 5.26 Å². The molecule has 29 heavy (non-hydrogen) atoms. The molecular formula is C23H21ClN4O. The smallest absolute Gasteiger partial charge is 0.229 e. The Labute approximate surface area is 175 Å². The second-order valence-corrected chi connectivity index (χ2v) is 7.88.